The second-order valence-electron chi connectivity index (χ2n) is 4.01. The molecule has 2 nitrogen and oxygen atoms in total. The van der Waals surface area contributed by atoms with Gasteiger partial charge < -0.3 is 9.84 Å². The molecule has 2 heteroatoms. The Morgan fingerprint density at radius 2 is 2.31 bits per heavy atom. The van der Waals surface area contributed by atoms with Crippen LogP contribution in [0.25, 0.3) is 0 Å². The van der Waals surface area contributed by atoms with E-state index in [1.807, 2.05) is 0 Å². The van der Waals surface area contributed by atoms with Crippen molar-refractivity contribution in [1.82, 2.24) is 0 Å². The molecule has 1 saturated heterocycles. The van der Waals surface area contributed by atoms with Crippen LogP contribution in [0.5, 0.6) is 0 Å². The third-order valence-electron chi connectivity index (χ3n) is 2.74. The summed E-state index contributed by atoms with van der Waals surface area (Å²) in [4.78, 5) is 0. The molecule has 1 aliphatic heterocycles. The molecule has 0 amide bonds. The standard InChI is InChI=1S/C11H22O2/c1-2-3-5-10(12)7-8-11-6-4-9-13-11/h10-12H,2-9H2,1H3. The number of rotatable bonds is 6. The van der Waals surface area contributed by atoms with Gasteiger partial charge in [-0.1, -0.05) is 19.8 Å². The van der Waals surface area contributed by atoms with Crippen LogP contribution in [-0.2, 0) is 4.74 Å². The number of unbranched alkanes of at least 4 members (excludes halogenated alkanes) is 1. The fourth-order valence-electron chi connectivity index (χ4n) is 1.83. The molecule has 0 aliphatic carbocycles. The fourth-order valence-corrected chi connectivity index (χ4v) is 1.83. The maximum Gasteiger partial charge on any atom is 0.0577 e. The lowest BCUT2D eigenvalue weighted by molar-refractivity contribution is 0.0783. The number of hydrogen-bond donors (Lipinski definition) is 1. The van der Waals surface area contributed by atoms with Crippen molar-refractivity contribution >= 4 is 0 Å². The third kappa shape index (κ3) is 4.63. The van der Waals surface area contributed by atoms with Crippen LogP contribution in [-0.4, -0.2) is 23.9 Å². The van der Waals surface area contributed by atoms with Crippen LogP contribution >= 0.6 is 0 Å². The van der Waals surface area contributed by atoms with Gasteiger partial charge in [0.15, 0.2) is 0 Å². The molecule has 0 radical (unpaired) electrons. The van der Waals surface area contributed by atoms with Gasteiger partial charge in [-0.15, -0.1) is 0 Å². The molecule has 1 rings (SSSR count). The van der Waals surface area contributed by atoms with Gasteiger partial charge in [0.2, 0.25) is 0 Å². The molecule has 0 saturated carbocycles. The highest BCUT2D eigenvalue weighted by atomic mass is 16.5. The first-order chi connectivity index (χ1) is 6.33. The van der Waals surface area contributed by atoms with Crippen LogP contribution in [0.4, 0.5) is 0 Å². The van der Waals surface area contributed by atoms with Gasteiger partial charge in [0.05, 0.1) is 12.2 Å². The van der Waals surface area contributed by atoms with E-state index >= 15 is 0 Å². The number of hydrogen-bond acceptors (Lipinski definition) is 2. The van der Waals surface area contributed by atoms with Crippen molar-refractivity contribution in [1.29, 1.82) is 0 Å². The van der Waals surface area contributed by atoms with Gasteiger partial charge in [0.1, 0.15) is 0 Å². The van der Waals surface area contributed by atoms with E-state index in [1.54, 1.807) is 0 Å². The minimum atomic E-state index is -0.0934. The first kappa shape index (κ1) is 11.0. The summed E-state index contributed by atoms with van der Waals surface area (Å²) in [6.07, 6.45) is 8.00. The molecular formula is C11H22O2. The van der Waals surface area contributed by atoms with Crippen molar-refractivity contribution in [2.45, 2.75) is 64.1 Å². The first-order valence-electron chi connectivity index (χ1n) is 5.62. The van der Waals surface area contributed by atoms with E-state index in [2.05, 4.69) is 6.92 Å². The molecule has 13 heavy (non-hydrogen) atoms. The van der Waals surface area contributed by atoms with Crippen molar-refractivity contribution in [3.8, 4) is 0 Å². The van der Waals surface area contributed by atoms with Gasteiger partial charge in [-0.2, -0.15) is 0 Å². The van der Waals surface area contributed by atoms with E-state index in [0.717, 1.165) is 32.3 Å². The number of aliphatic hydroxyl groups excluding tert-OH is 1. The summed E-state index contributed by atoms with van der Waals surface area (Å²) in [6.45, 7) is 3.09. The Morgan fingerprint density at radius 3 is 2.92 bits per heavy atom. The van der Waals surface area contributed by atoms with Gasteiger partial charge in [0.25, 0.3) is 0 Å². The van der Waals surface area contributed by atoms with E-state index in [9.17, 15) is 5.11 Å². The summed E-state index contributed by atoms with van der Waals surface area (Å²) in [5.41, 5.74) is 0. The Labute approximate surface area is 81.3 Å². The zero-order valence-electron chi connectivity index (χ0n) is 8.67. The van der Waals surface area contributed by atoms with E-state index in [0.29, 0.717) is 6.10 Å². The second kappa shape index (κ2) is 6.39. The highest BCUT2D eigenvalue weighted by Crippen LogP contribution is 2.18. The Balaban J connectivity index is 1.97. The predicted octanol–water partition coefficient (Wildman–Crippen LogP) is 2.50. The molecule has 0 bridgehead atoms. The number of ether oxygens (including phenoxy) is 1. The van der Waals surface area contributed by atoms with Gasteiger partial charge >= 0.3 is 0 Å². The minimum Gasteiger partial charge on any atom is -0.393 e. The van der Waals surface area contributed by atoms with Crippen LogP contribution in [0.1, 0.15) is 51.9 Å². The van der Waals surface area contributed by atoms with Gasteiger partial charge in [-0.05, 0) is 32.1 Å². The monoisotopic (exact) mass is 186 g/mol. The lowest BCUT2D eigenvalue weighted by atomic mass is 10.0. The van der Waals surface area contributed by atoms with E-state index in [-0.39, 0.29) is 6.10 Å². The lowest BCUT2D eigenvalue weighted by Gasteiger charge is -2.13. The highest BCUT2D eigenvalue weighted by molar-refractivity contribution is 4.67. The van der Waals surface area contributed by atoms with E-state index in [1.165, 1.54) is 19.3 Å². The lowest BCUT2D eigenvalue weighted by Crippen LogP contribution is -2.12. The highest BCUT2D eigenvalue weighted by Gasteiger charge is 2.16. The fraction of sp³-hybridized carbons (Fsp3) is 1.00. The zero-order valence-corrected chi connectivity index (χ0v) is 8.67. The molecule has 0 aromatic rings. The van der Waals surface area contributed by atoms with Crippen molar-refractivity contribution in [2.75, 3.05) is 6.61 Å². The molecule has 0 aromatic heterocycles. The molecule has 0 aromatic carbocycles. The molecule has 1 fully saturated rings. The van der Waals surface area contributed by atoms with Gasteiger partial charge in [-0.25, -0.2) is 0 Å². The van der Waals surface area contributed by atoms with Crippen LogP contribution in [0, 0.1) is 0 Å². The second-order valence-corrected chi connectivity index (χ2v) is 4.01. The topological polar surface area (TPSA) is 29.5 Å². The molecular weight excluding hydrogens is 164 g/mol. The first-order valence-corrected chi connectivity index (χ1v) is 5.62. The molecule has 1 heterocycles. The van der Waals surface area contributed by atoms with Crippen molar-refractivity contribution in [3.63, 3.8) is 0 Å². The van der Waals surface area contributed by atoms with Gasteiger partial charge in [0, 0.05) is 6.61 Å². The Hall–Kier alpha value is -0.0800. The Kier molecular flexibility index (Phi) is 5.40. The molecule has 1 aliphatic rings. The predicted molar refractivity (Wildman–Crippen MR) is 53.7 cm³/mol. The molecule has 0 spiro atoms. The Bertz CT molecular complexity index is 119. The summed E-state index contributed by atoms with van der Waals surface area (Å²) in [5, 5.41) is 9.59. The van der Waals surface area contributed by atoms with E-state index < -0.39 is 0 Å². The van der Waals surface area contributed by atoms with Crippen LogP contribution in [0.15, 0.2) is 0 Å². The van der Waals surface area contributed by atoms with Crippen molar-refractivity contribution < 1.29 is 9.84 Å². The van der Waals surface area contributed by atoms with Crippen LogP contribution < -0.4 is 0 Å². The molecule has 78 valence electrons. The maximum absolute atomic E-state index is 9.59. The molecule has 2 atom stereocenters. The van der Waals surface area contributed by atoms with Crippen molar-refractivity contribution in [3.05, 3.63) is 0 Å². The van der Waals surface area contributed by atoms with Crippen LogP contribution in [0.2, 0.25) is 0 Å². The van der Waals surface area contributed by atoms with Crippen molar-refractivity contribution in [2.24, 2.45) is 0 Å². The average molecular weight is 186 g/mol. The normalized spacial score (nSPS) is 24.9. The smallest absolute Gasteiger partial charge is 0.0577 e. The SMILES string of the molecule is CCCCC(O)CCC1CCCO1. The largest absolute Gasteiger partial charge is 0.393 e. The van der Waals surface area contributed by atoms with E-state index in [4.69, 9.17) is 4.74 Å². The molecule has 1 N–H and O–H groups in total. The van der Waals surface area contributed by atoms with Crippen LogP contribution in [0.3, 0.4) is 0 Å². The summed E-state index contributed by atoms with van der Waals surface area (Å²) in [5.74, 6) is 0. The summed E-state index contributed by atoms with van der Waals surface area (Å²) < 4.78 is 5.50. The summed E-state index contributed by atoms with van der Waals surface area (Å²) in [7, 11) is 0. The van der Waals surface area contributed by atoms with Gasteiger partial charge in [-0.3, -0.25) is 0 Å². The Morgan fingerprint density at radius 1 is 1.46 bits per heavy atom. The average Bonchev–Trinajstić information content (AvgIpc) is 2.64. The summed E-state index contributed by atoms with van der Waals surface area (Å²) in [6, 6.07) is 0. The quantitative estimate of drug-likeness (QED) is 0.690. The summed E-state index contributed by atoms with van der Waals surface area (Å²) >= 11 is 0. The maximum atomic E-state index is 9.59. The molecule has 2 unspecified atom stereocenters. The number of aliphatic hydroxyl groups is 1. The minimum absolute atomic E-state index is 0.0934. The zero-order chi connectivity index (χ0) is 9.52. The third-order valence-corrected chi connectivity index (χ3v) is 2.74.